The number of thiazole rings is 1. The number of halogens is 1. The number of amides is 1. The zero-order chi connectivity index (χ0) is 26.0. The zero-order valence-electron chi connectivity index (χ0n) is 20.6. The summed E-state index contributed by atoms with van der Waals surface area (Å²) in [5.74, 6) is -0.420. The summed E-state index contributed by atoms with van der Waals surface area (Å²) in [5, 5.41) is 12.3. The number of nitro groups is 1. The first kappa shape index (κ1) is 28.7. The second-order valence-electron chi connectivity index (χ2n) is 8.72. The van der Waals surface area contributed by atoms with Crippen molar-refractivity contribution >= 4 is 66.2 Å². The first-order chi connectivity index (χ1) is 17.0. The summed E-state index contributed by atoms with van der Waals surface area (Å²) >= 11 is 1.20. The van der Waals surface area contributed by atoms with E-state index in [4.69, 9.17) is 4.74 Å². The van der Waals surface area contributed by atoms with E-state index in [0.29, 0.717) is 60.4 Å². The van der Waals surface area contributed by atoms with E-state index >= 15 is 0 Å². The van der Waals surface area contributed by atoms with E-state index in [9.17, 15) is 23.3 Å². The number of rotatable bonds is 8. The lowest BCUT2D eigenvalue weighted by Crippen LogP contribution is -2.37. The molecule has 0 radical (unpaired) electrons. The van der Waals surface area contributed by atoms with E-state index < -0.39 is 20.7 Å². The van der Waals surface area contributed by atoms with Crippen LogP contribution < -0.4 is 9.80 Å². The molecule has 2 aromatic carbocycles. The summed E-state index contributed by atoms with van der Waals surface area (Å²) in [6.07, 6.45) is 1.14. The quantitative estimate of drug-likeness (QED) is 0.297. The average molecular weight is 570 g/mol. The summed E-state index contributed by atoms with van der Waals surface area (Å²) in [6.45, 7) is 2.85. The van der Waals surface area contributed by atoms with Gasteiger partial charge in [-0.3, -0.25) is 19.8 Å². The van der Waals surface area contributed by atoms with Gasteiger partial charge >= 0.3 is 0 Å². The highest BCUT2D eigenvalue weighted by Gasteiger charge is 2.27. The Balaban J connectivity index is 0.00000380. The summed E-state index contributed by atoms with van der Waals surface area (Å²) < 4.78 is 29.9. The molecule has 2 heterocycles. The Labute approximate surface area is 225 Å². The first-order valence-corrected chi connectivity index (χ1v) is 13.9. The highest BCUT2D eigenvalue weighted by atomic mass is 35.5. The first-order valence-electron chi connectivity index (χ1n) is 11.2. The van der Waals surface area contributed by atoms with E-state index in [1.54, 1.807) is 24.3 Å². The van der Waals surface area contributed by atoms with Gasteiger partial charge in [-0.2, -0.15) is 0 Å². The molecule has 1 fully saturated rings. The molecule has 0 N–H and O–H groups in total. The molecular weight excluding hydrogens is 542 g/mol. The van der Waals surface area contributed by atoms with Crippen molar-refractivity contribution in [3.63, 3.8) is 0 Å². The number of morpholine rings is 1. The minimum atomic E-state index is -3.40. The Morgan fingerprint density at radius 1 is 1.16 bits per heavy atom. The third-order valence-corrected chi connectivity index (χ3v) is 7.95. The van der Waals surface area contributed by atoms with Gasteiger partial charge in [0.2, 0.25) is 0 Å². The molecule has 1 aliphatic rings. The van der Waals surface area contributed by atoms with E-state index in [2.05, 4.69) is 4.98 Å². The standard InChI is InChI=1S/C23H27N5O6S2.ClH/c1-25(2)8-9-27(23-24-18-6-5-17(36(3,32)33)15-21(18)35-23)22(29)16-4-7-19(20(14-16)28(30)31)26-10-12-34-13-11-26;/h4-7,14-15H,8-13H2,1-3H3;1H. The van der Waals surface area contributed by atoms with E-state index in [0.717, 1.165) is 6.26 Å². The molecule has 0 saturated carbocycles. The van der Waals surface area contributed by atoms with Crippen LogP contribution in [0.5, 0.6) is 0 Å². The number of nitro benzene ring substituents is 1. The van der Waals surface area contributed by atoms with Crippen LogP contribution in [-0.4, -0.2) is 88.9 Å². The number of anilines is 2. The van der Waals surface area contributed by atoms with Gasteiger partial charge in [0.25, 0.3) is 11.6 Å². The third kappa shape index (κ3) is 6.54. The maximum absolute atomic E-state index is 13.6. The lowest BCUT2D eigenvalue weighted by atomic mass is 10.1. The van der Waals surface area contributed by atoms with Crippen molar-refractivity contribution in [3.05, 3.63) is 52.1 Å². The Morgan fingerprint density at radius 2 is 1.86 bits per heavy atom. The fraction of sp³-hybridized carbons (Fsp3) is 0.391. The van der Waals surface area contributed by atoms with Gasteiger partial charge in [-0.25, -0.2) is 13.4 Å². The van der Waals surface area contributed by atoms with Crippen molar-refractivity contribution in [2.75, 3.05) is 69.5 Å². The SMILES string of the molecule is CN(C)CCN(C(=O)c1ccc(N2CCOCC2)c([N+](=O)[O-])c1)c1nc2ccc(S(C)(=O)=O)cc2s1.Cl. The molecule has 0 bridgehead atoms. The molecule has 14 heteroatoms. The lowest BCUT2D eigenvalue weighted by Gasteiger charge is -2.28. The molecule has 1 amide bonds. The molecule has 0 spiro atoms. The number of carbonyl (C=O) groups excluding carboxylic acids is 1. The number of sulfone groups is 1. The number of likely N-dealkylation sites (N-methyl/N-ethyl adjacent to an activating group) is 1. The maximum Gasteiger partial charge on any atom is 0.293 e. The number of benzene rings is 2. The van der Waals surface area contributed by atoms with E-state index in [1.807, 2.05) is 23.9 Å². The van der Waals surface area contributed by atoms with Crippen molar-refractivity contribution in [2.45, 2.75) is 4.90 Å². The lowest BCUT2D eigenvalue weighted by molar-refractivity contribution is -0.384. The Bertz CT molecular complexity index is 1410. The highest BCUT2D eigenvalue weighted by molar-refractivity contribution is 7.90. The number of ether oxygens (including phenoxy) is 1. The Morgan fingerprint density at radius 3 is 2.49 bits per heavy atom. The van der Waals surface area contributed by atoms with Crippen LogP contribution in [-0.2, 0) is 14.6 Å². The van der Waals surface area contributed by atoms with Crippen LogP contribution >= 0.6 is 23.7 Å². The summed E-state index contributed by atoms with van der Waals surface area (Å²) in [6, 6.07) is 9.16. The Hall–Kier alpha value is -2.84. The van der Waals surface area contributed by atoms with Crippen LogP contribution in [0.4, 0.5) is 16.5 Å². The normalized spacial score (nSPS) is 14.0. The zero-order valence-corrected chi connectivity index (χ0v) is 23.1. The van der Waals surface area contributed by atoms with E-state index in [1.165, 1.54) is 28.4 Å². The largest absolute Gasteiger partial charge is 0.378 e. The summed E-state index contributed by atoms with van der Waals surface area (Å²) in [5.41, 5.74) is 1.05. The van der Waals surface area contributed by atoms with Crippen LogP contribution in [0, 0.1) is 10.1 Å². The van der Waals surface area contributed by atoms with Crippen LogP contribution in [0.25, 0.3) is 10.2 Å². The van der Waals surface area contributed by atoms with Gasteiger partial charge in [-0.05, 0) is 44.4 Å². The van der Waals surface area contributed by atoms with Crippen molar-refractivity contribution in [3.8, 4) is 0 Å². The molecular formula is C23H28ClN5O6S2. The molecule has 1 aromatic heterocycles. The van der Waals surface area contributed by atoms with Gasteiger partial charge in [0.1, 0.15) is 5.69 Å². The number of carbonyl (C=O) groups is 1. The van der Waals surface area contributed by atoms with Crippen LogP contribution in [0.3, 0.4) is 0 Å². The fourth-order valence-corrected chi connectivity index (χ4v) is 5.60. The van der Waals surface area contributed by atoms with Gasteiger partial charge in [0.05, 0.1) is 33.2 Å². The molecule has 0 aliphatic carbocycles. The predicted molar refractivity (Wildman–Crippen MR) is 146 cm³/mol. The van der Waals surface area contributed by atoms with Crippen LogP contribution in [0.2, 0.25) is 0 Å². The molecule has 1 aliphatic heterocycles. The van der Waals surface area contributed by atoms with Crippen LogP contribution in [0.15, 0.2) is 41.3 Å². The molecule has 200 valence electrons. The van der Waals surface area contributed by atoms with Crippen molar-refractivity contribution in [1.29, 1.82) is 0 Å². The van der Waals surface area contributed by atoms with Crippen molar-refractivity contribution in [1.82, 2.24) is 9.88 Å². The fourth-order valence-electron chi connectivity index (χ4n) is 3.85. The predicted octanol–water partition coefficient (Wildman–Crippen LogP) is 3.07. The number of hydrogen-bond acceptors (Lipinski definition) is 10. The average Bonchev–Trinajstić information content (AvgIpc) is 3.26. The van der Waals surface area contributed by atoms with Crippen molar-refractivity contribution < 1.29 is 22.9 Å². The van der Waals surface area contributed by atoms with Gasteiger partial charge in [0, 0.05) is 44.1 Å². The minimum absolute atomic E-state index is 0. The minimum Gasteiger partial charge on any atom is -0.378 e. The molecule has 37 heavy (non-hydrogen) atoms. The van der Waals surface area contributed by atoms with Gasteiger partial charge in [0.15, 0.2) is 15.0 Å². The monoisotopic (exact) mass is 569 g/mol. The smallest absolute Gasteiger partial charge is 0.293 e. The molecule has 3 aromatic rings. The molecule has 0 atom stereocenters. The molecule has 4 rings (SSSR count). The second-order valence-corrected chi connectivity index (χ2v) is 11.7. The summed E-state index contributed by atoms with van der Waals surface area (Å²) in [4.78, 5) is 35.1. The maximum atomic E-state index is 13.6. The number of hydrogen-bond donors (Lipinski definition) is 0. The molecule has 1 saturated heterocycles. The highest BCUT2D eigenvalue weighted by Crippen LogP contribution is 2.34. The molecule has 11 nitrogen and oxygen atoms in total. The Kier molecular flexibility index (Phi) is 9.08. The number of nitrogens with zero attached hydrogens (tertiary/aromatic N) is 5. The third-order valence-electron chi connectivity index (χ3n) is 5.79. The molecule has 0 unspecified atom stereocenters. The van der Waals surface area contributed by atoms with Crippen LogP contribution in [0.1, 0.15) is 10.4 Å². The second kappa shape index (κ2) is 11.7. The van der Waals surface area contributed by atoms with Gasteiger partial charge < -0.3 is 14.5 Å². The van der Waals surface area contributed by atoms with E-state index in [-0.39, 0.29) is 28.6 Å². The number of fused-ring (bicyclic) bond motifs is 1. The topological polar surface area (TPSA) is 126 Å². The van der Waals surface area contributed by atoms with Crippen molar-refractivity contribution in [2.24, 2.45) is 0 Å². The van der Waals surface area contributed by atoms with Gasteiger partial charge in [-0.1, -0.05) is 11.3 Å². The number of aromatic nitrogens is 1. The van der Waals surface area contributed by atoms with Gasteiger partial charge in [-0.15, -0.1) is 12.4 Å². The summed E-state index contributed by atoms with van der Waals surface area (Å²) in [7, 11) is 0.356.